The Morgan fingerprint density at radius 2 is 1.81 bits per heavy atom. The van der Waals surface area contributed by atoms with Gasteiger partial charge in [0.15, 0.2) is 0 Å². The van der Waals surface area contributed by atoms with E-state index in [-0.39, 0.29) is 5.91 Å². The van der Waals surface area contributed by atoms with Crippen molar-refractivity contribution in [1.82, 2.24) is 9.62 Å². The Morgan fingerprint density at radius 3 is 2.41 bits per heavy atom. The Morgan fingerprint density at radius 1 is 1.15 bits per heavy atom. The molecule has 1 N–H and O–H groups in total. The van der Waals surface area contributed by atoms with Crippen molar-refractivity contribution >= 4 is 27.3 Å². The highest BCUT2D eigenvalue weighted by Gasteiger charge is 2.23. The summed E-state index contributed by atoms with van der Waals surface area (Å²) in [7, 11) is -3.12. The fourth-order valence-corrected chi connectivity index (χ4v) is 4.57. The van der Waals surface area contributed by atoms with Gasteiger partial charge in [0.25, 0.3) is 5.91 Å². The fourth-order valence-electron chi connectivity index (χ4n) is 3.47. The highest BCUT2D eigenvalue weighted by Crippen LogP contribution is 2.23. The van der Waals surface area contributed by atoms with Crippen LogP contribution >= 0.6 is 11.3 Å². The lowest BCUT2D eigenvalue weighted by Crippen LogP contribution is -2.38. The zero-order chi connectivity index (χ0) is 19.3. The Labute approximate surface area is 165 Å². The first-order chi connectivity index (χ1) is 12.9. The third-order valence-corrected chi connectivity index (χ3v) is 6.41. The number of sulfonamides is 1. The quantitative estimate of drug-likeness (QED) is 0.769. The van der Waals surface area contributed by atoms with Crippen molar-refractivity contribution in [2.24, 2.45) is 5.92 Å². The van der Waals surface area contributed by atoms with E-state index in [9.17, 15) is 13.2 Å². The van der Waals surface area contributed by atoms with Crippen molar-refractivity contribution in [1.29, 1.82) is 0 Å². The number of carbonyl (C=O) groups excluding carboxylic acids is 1. The Bertz CT molecular complexity index is 838. The molecule has 2 aromatic rings. The molecule has 1 fully saturated rings. The summed E-state index contributed by atoms with van der Waals surface area (Å²) in [5.74, 6) is 0.760. The summed E-state index contributed by atoms with van der Waals surface area (Å²) in [4.78, 5) is 14.4. The summed E-state index contributed by atoms with van der Waals surface area (Å²) in [5, 5.41) is 3.86. The van der Waals surface area contributed by atoms with Gasteiger partial charge in [-0.05, 0) is 54.2 Å². The molecule has 0 radical (unpaired) electrons. The van der Waals surface area contributed by atoms with E-state index in [4.69, 9.17) is 0 Å². The number of likely N-dealkylation sites (tertiary alicyclic amines) is 1. The minimum absolute atomic E-state index is 0.154. The van der Waals surface area contributed by atoms with Gasteiger partial charge in [0, 0.05) is 25.0 Å². The smallest absolute Gasteiger partial charge is 0.254 e. The van der Waals surface area contributed by atoms with Gasteiger partial charge in [-0.3, -0.25) is 4.79 Å². The molecule has 0 atom stereocenters. The van der Waals surface area contributed by atoms with Crippen LogP contribution in [-0.2, 0) is 22.9 Å². The Balaban J connectivity index is 1.44. The van der Waals surface area contributed by atoms with Crippen LogP contribution in [0.4, 0.5) is 0 Å². The van der Waals surface area contributed by atoms with E-state index < -0.39 is 10.0 Å². The molecular formula is C20H26N2O3S2. The maximum Gasteiger partial charge on any atom is 0.254 e. The highest BCUT2D eigenvalue weighted by molar-refractivity contribution is 7.88. The van der Waals surface area contributed by atoms with Gasteiger partial charge in [0.1, 0.15) is 0 Å². The van der Waals surface area contributed by atoms with Crippen molar-refractivity contribution in [2.45, 2.75) is 25.7 Å². The van der Waals surface area contributed by atoms with Crippen molar-refractivity contribution < 1.29 is 13.2 Å². The molecule has 146 valence electrons. The molecule has 0 bridgehead atoms. The van der Waals surface area contributed by atoms with Crippen LogP contribution in [0, 0.1) is 5.92 Å². The molecule has 0 saturated carbocycles. The molecule has 0 unspecified atom stereocenters. The maximum absolute atomic E-state index is 12.4. The topological polar surface area (TPSA) is 66.5 Å². The second-order valence-corrected chi connectivity index (χ2v) is 9.80. The molecule has 3 rings (SSSR count). The summed E-state index contributed by atoms with van der Waals surface area (Å²) in [6, 6.07) is 10.3. The number of rotatable bonds is 7. The molecule has 2 heterocycles. The number of hydrogen-bond acceptors (Lipinski definition) is 4. The van der Waals surface area contributed by atoms with Crippen molar-refractivity contribution in [3.05, 3.63) is 57.8 Å². The minimum atomic E-state index is -3.12. The number of carbonyl (C=O) groups is 1. The summed E-state index contributed by atoms with van der Waals surface area (Å²) < 4.78 is 24.7. The maximum atomic E-state index is 12.4. The Kier molecular flexibility index (Phi) is 6.68. The van der Waals surface area contributed by atoms with Gasteiger partial charge in [-0.2, -0.15) is 11.3 Å². The number of piperidine rings is 1. The molecule has 1 aromatic heterocycles. The summed E-state index contributed by atoms with van der Waals surface area (Å²) in [6.45, 7) is 2.08. The molecule has 1 aromatic carbocycles. The first kappa shape index (κ1) is 20.0. The van der Waals surface area contributed by atoms with Gasteiger partial charge in [-0.25, -0.2) is 13.1 Å². The van der Waals surface area contributed by atoms with Crippen LogP contribution < -0.4 is 4.72 Å². The van der Waals surface area contributed by atoms with Gasteiger partial charge in [0.05, 0.1) is 11.8 Å². The predicted molar refractivity (Wildman–Crippen MR) is 110 cm³/mol. The van der Waals surface area contributed by atoms with Crippen LogP contribution in [-0.4, -0.2) is 45.1 Å². The van der Waals surface area contributed by atoms with Crippen LogP contribution in [0.15, 0.2) is 41.1 Å². The predicted octanol–water partition coefficient (Wildman–Crippen LogP) is 2.93. The van der Waals surface area contributed by atoms with Crippen LogP contribution in [0.3, 0.4) is 0 Å². The standard InChI is InChI=1S/C20H26N2O3S2/c1-27(24,25)21-10-6-16-2-4-17(5-3-16)14-18-7-11-22(12-8-18)20(23)19-9-13-26-15-19/h2-5,9,13,15,18,21H,6-8,10-12,14H2,1H3. The van der Waals surface area contributed by atoms with Crippen LogP contribution in [0.2, 0.25) is 0 Å². The van der Waals surface area contributed by atoms with E-state index >= 15 is 0 Å². The molecule has 0 aliphatic carbocycles. The third kappa shape index (κ3) is 6.16. The average molecular weight is 407 g/mol. The summed E-state index contributed by atoms with van der Waals surface area (Å²) in [6.07, 6.45) is 4.97. The second kappa shape index (κ2) is 8.99. The van der Waals surface area contributed by atoms with Gasteiger partial charge in [0.2, 0.25) is 10.0 Å². The average Bonchev–Trinajstić information content (AvgIpc) is 3.17. The number of thiophene rings is 1. The number of hydrogen-bond donors (Lipinski definition) is 1. The minimum Gasteiger partial charge on any atom is -0.339 e. The fraction of sp³-hybridized carbons (Fsp3) is 0.450. The van der Waals surface area contributed by atoms with Gasteiger partial charge in [-0.15, -0.1) is 0 Å². The number of benzene rings is 1. The molecule has 1 aliphatic rings. The first-order valence-electron chi connectivity index (χ1n) is 9.24. The van der Waals surface area contributed by atoms with Gasteiger partial charge < -0.3 is 4.90 Å². The zero-order valence-electron chi connectivity index (χ0n) is 15.6. The highest BCUT2D eigenvalue weighted by atomic mass is 32.2. The lowest BCUT2D eigenvalue weighted by Gasteiger charge is -2.32. The van der Waals surface area contributed by atoms with Gasteiger partial charge >= 0.3 is 0 Å². The molecule has 1 amide bonds. The van der Waals surface area contributed by atoms with E-state index in [0.717, 1.165) is 43.5 Å². The van der Waals surface area contributed by atoms with Gasteiger partial charge in [-0.1, -0.05) is 24.3 Å². The molecule has 5 nitrogen and oxygen atoms in total. The lowest BCUT2D eigenvalue weighted by atomic mass is 9.89. The molecule has 1 aliphatic heterocycles. The van der Waals surface area contributed by atoms with Crippen molar-refractivity contribution in [2.75, 3.05) is 25.9 Å². The van der Waals surface area contributed by atoms with Crippen molar-refractivity contribution in [3.8, 4) is 0 Å². The van der Waals surface area contributed by atoms with Crippen LogP contribution in [0.25, 0.3) is 0 Å². The van der Waals surface area contributed by atoms with E-state index in [1.165, 1.54) is 11.8 Å². The van der Waals surface area contributed by atoms with E-state index in [1.54, 1.807) is 11.3 Å². The van der Waals surface area contributed by atoms with Crippen molar-refractivity contribution in [3.63, 3.8) is 0 Å². The first-order valence-corrected chi connectivity index (χ1v) is 12.1. The number of nitrogens with zero attached hydrogens (tertiary/aromatic N) is 1. The Hall–Kier alpha value is -1.70. The van der Waals surface area contributed by atoms with Crippen LogP contribution in [0.1, 0.15) is 34.3 Å². The molecule has 7 heteroatoms. The number of amides is 1. The molecule has 27 heavy (non-hydrogen) atoms. The summed E-state index contributed by atoms with van der Waals surface area (Å²) >= 11 is 1.56. The SMILES string of the molecule is CS(=O)(=O)NCCc1ccc(CC2CCN(C(=O)c3ccsc3)CC2)cc1. The van der Waals surface area contributed by atoms with Crippen LogP contribution in [0.5, 0.6) is 0 Å². The lowest BCUT2D eigenvalue weighted by molar-refractivity contribution is 0.0691. The second-order valence-electron chi connectivity index (χ2n) is 7.18. The molecule has 0 spiro atoms. The molecular weight excluding hydrogens is 380 g/mol. The summed E-state index contributed by atoms with van der Waals surface area (Å²) in [5.41, 5.74) is 3.24. The monoisotopic (exact) mass is 406 g/mol. The number of nitrogens with one attached hydrogen (secondary N) is 1. The third-order valence-electron chi connectivity index (χ3n) is 5.00. The van der Waals surface area contributed by atoms with E-state index in [1.807, 2.05) is 21.7 Å². The largest absolute Gasteiger partial charge is 0.339 e. The molecule has 1 saturated heterocycles. The normalized spacial score (nSPS) is 15.8. The van der Waals surface area contributed by atoms with E-state index in [0.29, 0.717) is 18.9 Å². The zero-order valence-corrected chi connectivity index (χ0v) is 17.2. The van der Waals surface area contributed by atoms with E-state index in [2.05, 4.69) is 29.0 Å².